The number of rotatable bonds is 3. The van der Waals surface area contributed by atoms with E-state index in [1.54, 1.807) is 24.4 Å². The van der Waals surface area contributed by atoms with Crippen LogP contribution in [0.3, 0.4) is 0 Å². The Morgan fingerprint density at radius 1 is 1.11 bits per heavy atom. The number of benzene rings is 1. The predicted molar refractivity (Wildman–Crippen MR) is 113 cm³/mol. The number of halogens is 2. The van der Waals surface area contributed by atoms with Crippen molar-refractivity contribution in [3.8, 4) is 5.69 Å². The Balaban J connectivity index is 1.98. The zero-order chi connectivity index (χ0) is 19.0. The summed E-state index contributed by atoms with van der Waals surface area (Å²) >= 11 is 13.9. The van der Waals surface area contributed by atoms with Crippen molar-refractivity contribution in [2.75, 3.05) is 0 Å². The highest BCUT2D eigenvalue weighted by atomic mass is 35.5. The van der Waals surface area contributed by atoms with Crippen LogP contribution in [0.2, 0.25) is 10.2 Å². The van der Waals surface area contributed by atoms with Crippen LogP contribution in [-0.2, 0) is 0 Å². The van der Waals surface area contributed by atoms with Crippen LogP contribution in [0.1, 0.15) is 16.3 Å². The largest absolute Gasteiger partial charge is 0.276 e. The Morgan fingerprint density at radius 3 is 2.70 bits per heavy atom. The van der Waals surface area contributed by atoms with Gasteiger partial charge in [0, 0.05) is 16.1 Å². The third-order valence-electron chi connectivity index (χ3n) is 3.99. The van der Waals surface area contributed by atoms with Crippen molar-refractivity contribution in [3.63, 3.8) is 0 Å². The first kappa shape index (κ1) is 17.9. The van der Waals surface area contributed by atoms with E-state index in [0.717, 1.165) is 10.4 Å². The summed E-state index contributed by atoms with van der Waals surface area (Å²) in [5, 5.41) is 0.857. The van der Waals surface area contributed by atoms with Crippen molar-refractivity contribution in [1.82, 2.24) is 14.5 Å². The molecule has 27 heavy (non-hydrogen) atoms. The van der Waals surface area contributed by atoms with E-state index in [1.165, 1.54) is 15.9 Å². The molecule has 0 aliphatic carbocycles. The molecule has 0 saturated heterocycles. The summed E-state index contributed by atoms with van der Waals surface area (Å²) in [7, 11) is 0. The molecule has 0 amide bonds. The fourth-order valence-corrected chi connectivity index (χ4v) is 4.06. The van der Waals surface area contributed by atoms with Crippen LogP contribution in [-0.4, -0.2) is 14.5 Å². The van der Waals surface area contributed by atoms with Crippen LogP contribution in [0, 0.1) is 6.92 Å². The molecule has 0 fully saturated rings. The maximum Gasteiger partial charge on any atom is 0.276 e. The van der Waals surface area contributed by atoms with Crippen molar-refractivity contribution in [2.45, 2.75) is 6.92 Å². The van der Waals surface area contributed by atoms with Crippen LogP contribution in [0.25, 0.3) is 28.1 Å². The Kier molecular flexibility index (Phi) is 4.83. The van der Waals surface area contributed by atoms with Crippen LogP contribution < -0.4 is 5.56 Å². The Morgan fingerprint density at radius 2 is 1.93 bits per heavy atom. The lowest BCUT2D eigenvalue weighted by atomic mass is 10.2. The molecule has 0 bridgehead atoms. The van der Waals surface area contributed by atoms with Crippen molar-refractivity contribution in [2.24, 2.45) is 0 Å². The van der Waals surface area contributed by atoms with Crippen LogP contribution in [0.4, 0.5) is 0 Å². The monoisotopic (exact) mass is 413 g/mol. The van der Waals surface area contributed by atoms with E-state index in [-0.39, 0.29) is 10.7 Å². The van der Waals surface area contributed by atoms with Gasteiger partial charge in [0.05, 0.1) is 11.2 Å². The number of hydrogen-bond donors (Lipinski definition) is 0. The number of nitrogens with zero attached hydrogens (tertiary/aromatic N) is 3. The van der Waals surface area contributed by atoms with Crippen molar-refractivity contribution >= 4 is 56.9 Å². The van der Waals surface area contributed by atoms with Gasteiger partial charge in [-0.3, -0.25) is 9.36 Å². The average molecular weight is 414 g/mol. The molecule has 0 radical (unpaired) electrons. The fourth-order valence-electron chi connectivity index (χ4n) is 2.78. The molecule has 4 nitrogen and oxygen atoms in total. The second kappa shape index (κ2) is 7.27. The highest BCUT2D eigenvalue weighted by Crippen LogP contribution is 2.25. The predicted octanol–water partition coefficient (Wildman–Crippen LogP) is 5.63. The van der Waals surface area contributed by atoms with E-state index < -0.39 is 0 Å². The smallest absolute Gasteiger partial charge is 0.267 e. The molecule has 4 aromatic rings. The summed E-state index contributed by atoms with van der Waals surface area (Å²) in [6.07, 6.45) is 5.17. The van der Waals surface area contributed by atoms with E-state index in [1.807, 2.05) is 43.3 Å². The zero-order valence-corrected chi connectivity index (χ0v) is 16.5. The topological polar surface area (TPSA) is 47.8 Å². The first-order valence-electron chi connectivity index (χ1n) is 8.11. The van der Waals surface area contributed by atoms with Gasteiger partial charge in [-0.05, 0) is 48.9 Å². The summed E-state index contributed by atoms with van der Waals surface area (Å²) in [6.45, 7) is 1.95. The Labute approximate surface area is 169 Å². The molecule has 0 aliphatic rings. The molecule has 0 aliphatic heterocycles. The number of hydrogen-bond acceptors (Lipinski definition) is 4. The van der Waals surface area contributed by atoms with Crippen LogP contribution in [0.15, 0.2) is 53.5 Å². The number of aryl methyl sites for hydroxylation is 1. The van der Waals surface area contributed by atoms with Gasteiger partial charge < -0.3 is 0 Å². The zero-order valence-electron chi connectivity index (χ0n) is 14.2. The highest BCUT2D eigenvalue weighted by molar-refractivity contribution is 7.18. The van der Waals surface area contributed by atoms with Gasteiger partial charge in [-0.15, -0.1) is 11.3 Å². The van der Waals surface area contributed by atoms with Gasteiger partial charge >= 0.3 is 0 Å². The summed E-state index contributed by atoms with van der Waals surface area (Å²) in [5.74, 6) is 0.458. The standard InChI is InChI=1S/C20H13Cl2N3OS/c1-12-11-15-18(27-12)20(26)25(16-7-4-10-23-19(16)22)17(24-15)9-8-13-5-2-3-6-14(13)21/h2-11H,1H3. The summed E-state index contributed by atoms with van der Waals surface area (Å²) in [6, 6.07) is 12.9. The van der Waals surface area contributed by atoms with Crippen molar-refractivity contribution in [3.05, 3.63) is 85.5 Å². The lowest BCUT2D eigenvalue weighted by molar-refractivity contribution is 0.939. The third-order valence-corrected chi connectivity index (χ3v) is 5.66. The molecule has 3 heterocycles. The van der Waals surface area contributed by atoms with Gasteiger partial charge in [-0.25, -0.2) is 9.97 Å². The average Bonchev–Trinajstić information content (AvgIpc) is 3.03. The van der Waals surface area contributed by atoms with E-state index in [0.29, 0.717) is 26.8 Å². The maximum absolute atomic E-state index is 13.2. The van der Waals surface area contributed by atoms with Gasteiger partial charge in [0.15, 0.2) is 5.15 Å². The fraction of sp³-hybridized carbons (Fsp3) is 0.0500. The molecule has 0 saturated carbocycles. The van der Waals surface area contributed by atoms with Crippen molar-refractivity contribution < 1.29 is 0 Å². The summed E-state index contributed by atoms with van der Waals surface area (Å²) in [5.41, 5.74) is 1.81. The molecular formula is C20H13Cl2N3OS. The number of aromatic nitrogens is 3. The first-order valence-corrected chi connectivity index (χ1v) is 9.68. The Bertz CT molecular complexity index is 1240. The molecule has 7 heteroatoms. The second-order valence-corrected chi connectivity index (χ2v) is 7.87. The van der Waals surface area contributed by atoms with Gasteiger partial charge in [0.2, 0.25) is 0 Å². The van der Waals surface area contributed by atoms with Crippen molar-refractivity contribution in [1.29, 1.82) is 0 Å². The molecule has 134 valence electrons. The molecule has 0 spiro atoms. The lowest BCUT2D eigenvalue weighted by Gasteiger charge is -2.11. The molecular weight excluding hydrogens is 401 g/mol. The minimum atomic E-state index is -0.174. The second-order valence-electron chi connectivity index (χ2n) is 5.85. The van der Waals surface area contributed by atoms with E-state index in [4.69, 9.17) is 23.2 Å². The van der Waals surface area contributed by atoms with Crippen LogP contribution >= 0.6 is 34.5 Å². The normalized spacial score (nSPS) is 11.5. The number of thiophene rings is 1. The maximum atomic E-state index is 13.2. The minimum absolute atomic E-state index is 0.174. The molecule has 1 aromatic carbocycles. The van der Waals surface area contributed by atoms with Gasteiger partial charge in [-0.2, -0.15) is 0 Å². The minimum Gasteiger partial charge on any atom is -0.267 e. The third kappa shape index (κ3) is 3.41. The molecule has 0 unspecified atom stereocenters. The first-order chi connectivity index (χ1) is 13.0. The van der Waals surface area contributed by atoms with Gasteiger partial charge in [0.1, 0.15) is 10.5 Å². The van der Waals surface area contributed by atoms with Gasteiger partial charge in [0.25, 0.3) is 5.56 Å². The van der Waals surface area contributed by atoms with E-state index in [2.05, 4.69) is 9.97 Å². The number of pyridine rings is 1. The SMILES string of the molecule is Cc1cc2nc(C=Cc3ccccc3Cl)n(-c3cccnc3Cl)c(=O)c2s1. The van der Waals surface area contributed by atoms with E-state index in [9.17, 15) is 4.79 Å². The lowest BCUT2D eigenvalue weighted by Crippen LogP contribution is -2.22. The number of fused-ring (bicyclic) bond motifs is 1. The quantitative estimate of drug-likeness (QED) is 0.409. The Hall–Kier alpha value is -2.47. The summed E-state index contributed by atoms with van der Waals surface area (Å²) in [4.78, 5) is 23.0. The highest BCUT2D eigenvalue weighted by Gasteiger charge is 2.15. The molecule has 4 rings (SSSR count). The van der Waals surface area contributed by atoms with Crippen LogP contribution in [0.5, 0.6) is 0 Å². The summed E-state index contributed by atoms with van der Waals surface area (Å²) < 4.78 is 2.07. The molecule has 3 aromatic heterocycles. The van der Waals surface area contributed by atoms with E-state index >= 15 is 0 Å². The van der Waals surface area contributed by atoms with Gasteiger partial charge in [-0.1, -0.05) is 41.4 Å². The molecule has 0 N–H and O–H groups in total. The molecule has 0 atom stereocenters.